The lowest BCUT2D eigenvalue weighted by molar-refractivity contribution is -0.120. The zero-order chi connectivity index (χ0) is 15.3. The molecule has 0 aliphatic carbocycles. The smallest absolute Gasteiger partial charge is 0.224 e. The summed E-state index contributed by atoms with van der Waals surface area (Å²) >= 11 is 3.39. The molecule has 21 heavy (non-hydrogen) atoms. The molecule has 0 saturated heterocycles. The molecule has 0 saturated carbocycles. The number of nitrogens with one attached hydrogen (secondary N) is 1. The van der Waals surface area contributed by atoms with Crippen molar-refractivity contribution in [2.45, 2.75) is 25.7 Å². The second kappa shape index (κ2) is 6.90. The largest absolute Gasteiger partial charge is 0.355 e. The average Bonchev–Trinajstić information content (AvgIpc) is 2.49. The Balaban J connectivity index is 1.90. The highest BCUT2D eigenvalue weighted by Gasteiger charge is 2.20. The quantitative estimate of drug-likeness (QED) is 0.868. The summed E-state index contributed by atoms with van der Waals surface area (Å²) in [5.41, 5.74) is 2.18. The molecule has 2 rings (SSSR count). The first-order valence-electron chi connectivity index (χ1n) is 7.04. The lowest BCUT2D eigenvalue weighted by atomic mass is 9.84. The minimum Gasteiger partial charge on any atom is -0.355 e. The van der Waals surface area contributed by atoms with Gasteiger partial charge in [-0.15, -0.1) is 0 Å². The second-order valence-electron chi connectivity index (χ2n) is 5.83. The summed E-state index contributed by atoms with van der Waals surface area (Å²) in [6.07, 6.45) is 0.415. The van der Waals surface area contributed by atoms with E-state index in [-0.39, 0.29) is 11.3 Å². The first-order valence-corrected chi connectivity index (χ1v) is 7.83. The number of hydrogen-bond acceptors (Lipinski definition) is 1. The van der Waals surface area contributed by atoms with Crippen LogP contribution in [0.1, 0.15) is 25.0 Å². The Kier molecular flexibility index (Phi) is 5.18. The van der Waals surface area contributed by atoms with E-state index in [0.717, 1.165) is 10.0 Å². The van der Waals surface area contributed by atoms with E-state index < -0.39 is 0 Å². The number of halogens is 1. The van der Waals surface area contributed by atoms with Crippen molar-refractivity contribution in [3.63, 3.8) is 0 Å². The standard InChI is InChI=1S/C18H20BrNO/c1-18(2,15-6-4-3-5-7-15)13-20-17(21)12-14-8-10-16(19)11-9-14/h3-11H,12-13H2,1-2H3,(H,20,21). The summed E-state index contributed by atoms with van der Waals surface area (Å²) in [4.78, 5) is 12.1. The molecule has 110 valence electrons. The topological polar surface area (TPSA) is 29.1 Å². The van der Waals surface area contributed by atoms with Gasteiger partial charge >= 0.3 is 0 Å². The van der Waals surface area contributed by atoms with Crippen molar-refractivity contribution in [2.75, 3.05) is 6.54 Å². The Bertz CT molecular complexity index is 590. The summed E-state index contributed by atoms with van der Waals surface area (Å²) in [6, 6.07) is 18.1. The van der Waals surface area contributed by atoms with Crippen molar-refractivity contribution in [3.05, 3.63) is 70.2 Å². The van der Waals surface area contributed by atoms with Crippen molar-refractivity contribution in [3.8, 4) is 0 Å². The van der Waals surface area contributed by atoms with Crippen molar-refractivity contribution >= 4 is 21.8 Å². The zero-order valence-electron chi connectivity index (χ0n) is 12.4. The van der Waals surface area contributed by atoms with Gasteiger partial charge in [-0.1, -0.05) is 72.2 Å². The van der Waals surface area contributed by atoms with Crippen LogP contribution >= 0.6 is 15.9 Å². The van der Waals surface area contributed by atoms with Crippen LogP contribution in [0.5, 0.6) is 0 Å². The van der Waals surface area contributed by atoms with Gasteiger partial charge in [-0.2, -0.15) is 0 Å². The van der Waals surface area contributed by atoms with Gasteiger partial charge in [-0.25, -0.2) is 0 Å². The van der Waals surface area contributed by atoms with Crippen molar-refractivity contribution < 1.29 is 4.79 Å². The highest BCUT2D eigenvalue weighted by atomic mass is 79.9. The van der Waals surface area contributed by atoms with Crippen LogP contribution in [0.3, 0.4) is 0 Å². The number of benzene rings is 2. The van der Waals surface area contributed by atoms with Crippen molar-refractivity contribution in [1.29, 1.82) is 0 Å². The third-order valence-electron chi connectivity index (χ3n) is 3.56. The molecule has 0 aliphatic rings. The van der Waals surface area contributed by atoms with Crippen LogP contribution in [-0.2, 0) is 16.6 Å². The van der Waals surface area contributed by atoms with Crippen LogP contribution in [-0.4, -0.2) is 12.5 Å². The molecule has 2 aromatic carbocycles. The molecule has 1 amide bonds. The van der Waals surface area contributed by atoms with Crippen molar-refractivity contribution in [2.24, 2.45) is 0 Å². The number of rotatable bonds is 5. The molecule has 0 aromatic heterocycles. The van der Waals surface area contributed by atoms with Gasteiger partial charge in [-0.05, 0) is 23.3 Å². The van der Waals surface area contributed by atoms with E-state index in [1.54, 1.807) is 0 Å². The third kappa shape index (κ3) is 4.71. The third-order valence-corrected chi connectivity index (χ3v) is 4.09. The Morgan fingerprint density at radius 2 is 1.67 bits per heavy atom. The van der Waals surface area contributed by atoms with E-state index in [1.807, 2.05) is 42.5 Å². The molecule has 2 nitrogen and oxygen atoms in total. The fourth-order valence-electron chi connectivity index (χ4n) is 2.16. The van der Waals surface area contributed by atoms with Crippen LogP contribution in [0.25, 0.3) is 0 Å². The lowest BCUT2D eigenvalue weighted by Gasteiger charge is -2.25. The fraction of sp³-hybridized carbons (Fsp3) is 0.278. The number of hydrogen-bond donors (Lipinski definition) is 1. The monoisotopic (exact) mass is 345 g/mol. The average molecular weight is 346 g/mol. The van der Waals surface area contributed by atoms with Gasteiger partial charge in [0.1, 0.15) is 0 Å². The first-order chi connectivity index (χ1) is 9.97. The summed E-state index contributed by atoms with van der Waals surface area (Å²) in [6.45, 7) is 4.91. The molecule has 0 atom stereocenters. The van der Waals surface area contributed by atoms with E-state index in [0.29, 0.717) is 13.0 Å². The number of amides is 1. The minimum absolute atomic E-state index is 0.0568. The molecule has 1 N–H and O–H groups in total. The summed E-state index contributed by atoms with van der Waals surface area (Å²) in [5, 5.41) is 3.03. The maximum atomic E-state index is 12.1. The zero-order valence-corrected chi connectivity index (χ0v) is 14.0. The van der Waals surface area contributed by atoms with E-state index in [9.17, 15) is 4.79 Å². The summed E-state index contributed by atoms with van der Waals surface area (Å²) < 4.78 is 1.02. The Labute approximate surface area is 134 Å². The van der Waals surface area contributed by atoms with Gasteiger partial charge in [-0.3, -0.25) is 4.79 Å². The Morgan fingerprint density at radius 1 is 1.05 bits per heavy atom. The van der Waals surface area contributed by atoms with Crippen LogP contribution in [0.2, 0.25) is 0 Å². The molecule has 0 heterocycles. The first kappa shape index (κ1) is 15.8. The maximum absolute atomic E-state index is 12.1. The molecule has 2 aromatic rings. The molecule has 0 unspecified atom stereocenters. The SMILES string of the molecule is CC(C)(CNC(=O)Cc1ccc(Br)cc1)c1ccccc1. The van der Waals surface area contributed by atoms with Gasteiger partial charge < -0.3 is 5.32 Å². The van der Waals surface area contributed by atoms with Gasteiger partial charge in [0.25, 0.3) is 0 Å². The van der Waals surface area contributed by atoms with Crippen LogP contribution in [0.15, 0.2) is 59.1 Å². The van der Waals surface area contributed by atoms with Crippen LogP contribution < -0.4 is 5.32 Å². The van der Waals surface area contributed by atoms with E-state index in [2.05, 4.69) is 47.2 Å². The predicted octanol–water partition coefficient (Wildman–Crippen LogP) is 4.09. The highest BCUT2D eigenvalue weighted by molar-refractivity contribution is 9.10. The molecule has 0 fully saturated rings. The molecular weight excluding hydrogens is 326 g/mol. The number of carbonyl (C=O) groups is 1. The van der Waals surface area contributed by atoms with E-state index in [1.165, 1.54) is 5.56 Å². The predicted molar refractivity (Wildman–Crippen MR) is 90.3 cm³/mol. The molecular formula is C18H20BrNO. The maximum Gasteiger partial charge on any atom is 0.224 e. The molecule has 3 heteroatoms. The molecule has 0 aliphatic heterocycles. The summed E-state index contributed by atoms with van der Waals surface area (Å²) in [5.74, 6) is 0.0568. The fourth-order valence-corrected chi connectivity index (χ4v) is 2.43. The second-order valence-corrected chi connectivity index (χ2v) is 6.75. The van der Waals surface area contributed by atoms with E-state index >= 15 is 0 Å². The van der Waals surface area contributed by atoms with Crippen LogP contribution in [0, 0.1) is 0 Å². The Morgan fingerprint density at radius 3 is 2.29 bits per heavy atom. The van der Waals surface area contributed by atoms with Gasteiger partial charge in [0.15, 0.2) is 0 Å². The normalized spacial score (nSPS) is 11.2. The van der Waals surface area contributed by atoms with Crippen molar-refractivity contribution in [1.82, 2.24) is 5.32 Å². The summed E-state index contributed by atoms with van der Waals surface area (Å²) in [7, 11) is 0. The lowest BCUT2D eigenvalue weighted by Crippen LogP contribution is -2.37. The molecule has 0 spiro atoms. The van der Waals surface area contributed by atoms with E-state index in [4.69, 9.17) is 0 Å². The number of carbonyl (C=O) groups excluding carboxylic acids is 1. The van der Waals surface area contributed by atoms with Gasteiger partial charge in [0.2, 0.25) is 5.91 Å². The minimum atomic E-state index is -0.0728. The van der Waals surface area contributed by atoms with Gasteiger partial charge in [0, 0.05) is 16.4 Å². The molecule has 0 bridgehead atoms. The Hall–Kier alpha value is -1.61. The van der Waals surface area contributed by atoms with Gasteiger partial charge in [0.05, 0.1) is 6.42 Å². The molecule has 0 radical (unpaired) electrons. The highest BCUT2D eigenvalue weighted by Crippen LogP contribution is 2.21. The van der Waals surface area contributed by atoms with Crippen LogP contribution in [0.4, 0.5) is 0 Å².